The van der Waals surface area contributed by atoms with E-state index in [1.807, 2.05) is 91.0 Å². The minimum atomic E-state index is -1.46. The zero-order valence-electron chi connectivity index (χ0n) is 19.6. The fourth-order valence-electron chi connectivity index (χ4n) is 4.47. The molecule has 1 N–H and O–H groups in total. The van der Waals surface area contributed by atoms with Gasteiger partial charge in [0.1, 0.15) is 11.7 Å². The molecule has 4 rings (SSSR count). The first-order valence-corrected chi connectivity index (χ1v) is 11.4. The Kier molecular flexibility index (Phi) is 7.60. The molecule has 1 aliphatic heterocycles. The molecule has 1 heterocycles. The van der Waals surface area contributed by atoms with Crippen LogP contribution in [0.4, 0.5) is 0 Å². The molecule has 0 aromatic heterocycles. The van der Waals surface area contributed by atoms with Gasteiger partial charge in [-0.1, -0.05) is 91.0 Å². The highest BCUT2D eigenvalue weighted by Gasteiger charge is 2.50. The minimum absolute atomic E-state index is 0.0640. The predicted octanol–water partition coefficient (Wildman–Crippen LogP) is 3.58. The number of esters is 2. The van der Waals surface area contributed by atoms with Crippen LogP contribution in [0.3, 0.4) is 0 Å². The van der Waals surface area contributed by atoms with Gasteiger partial charge in [-0.15, -0.1) is 0 Å². The quantitative estimate of drug-likeness (QED) is 0.393. The van der Waals surface area contributed by atoms with Gasteiger partial charge >= 0.3 is 11.9 Å². The Morgan fingerprint density at radius 2 is 1.14 bits per heavy atom. The standard InChI is InChI=1S/C28H28O7/c1-19(29)33-25-24(35-27(31)26(25)34-20(2)30)18-32-28(21-12-6-3-7-13-21,22-14-8-4-9-15-22)23-16-10-5-11-17-23/h3-17,24-27,31H,18H2,1-2H3/t24-,25-,26+,27-/m1/s1. The third kappa shape index (κ3) is 5.27. The van der Waals surface area contributed by atoms with Crippen LogP contribution in [0.2, 0.25) is 0 Å². The molecule has 0 unspecified atom stereocenters. The van der Waals surface area contributed by atoms with E-state index < -0.39 is 42.1 Å². The number of aliphatic hydroxyl groups is 1. The Bertz CT molecular complexity index is 1020. The van der Waals surface area contributed by atoms with Crippen molar-refractivity contribution in [3.8, 4) is 0 Å². The summed E-state index contributed by atoms with van der Waals surface area (Å²) in [6.45, 7) is 2.40. The highest BCUT2D eigenvalue weighted by atomic mass is 16.7. The molecule has 1 aliphatic rings. The van der Waals surface area contributed by atoms with Gasteiger partial charge in [-0.05, 0) is 16.7 Å². The van der Waals surface area contributed by atoms with E-state index in [1.54, 1.807) is 0 Å². The van der Waals surface area contributed by atoms with Crippen LogP contribution in [0.15, 0.2) is 91.0 Å². The minimum Gasteiger partial charge on any atom is -0.455 e. The molecule has 0 aliphatic carbocycles. The lowest BCUT2D eigenvalue weighted by atomic mass is 9.80. The maximum Gasteiger partial charge on any atom is 0.303 e. The van der Waals surface area contributed by atoms with Crippen LogP contribution in [0.5, 0.6) is 0 Å². The second-order valence-electron chi connectivity index (χ2n) is 8.30. The van der Waals surface area contributed by atoms with E-state index >= 15 is 0 Å². The molecule has 1 saturated heterocycles. The van der Waals surface area contributed by atoms with Crippen molar-refractivity contribution in [2.45, 2.75) is 44.1 Å². The lowest BCUT2D eigenvalue weighted by molar-refractivity contribution is -0.174. The average Bonchev–Trinajstić information content (AvgIpc) is 3.14. The van der Waals surface area contributed by atoms with Gasteiger partial charge in [0.2, 0.25) is 0 Å². The molecule has 7 nitrogen and oxygen atoms in total. The predicted molar refractivity (Wildman–Crippen MR) is 127 cm³/mol. The van der Waals surface area contributed by atoms with Crippen LogP contribution in [0, 0.1) is 0 Å². The first-order valence-electron chi connectivity index (χ1n) is 11.4. The Morgan fingerprint density at radius 3 is 1.54 bits per heavy atom. The highest BCUT2D eigenvalue weighted by molar-refractivity contribution is 5.67. The van der Waals surface area contributed by atoms with Crippen molar-refractivity contribution >= 4 is 11.9 Å². The fourth-order valence-corrected chi connectivity index (χ4v) is 4.47. The van der Waals surface area contributed by atoms with E-state index in [0.717, 1.165) is 16.7 Å². The van der Waals surface area contributed by atoms with Crippen molar-refractivity contribution in [2.24, 2.45) is 0 Å². The van der Waals surface area contributed by atoms with E-state index in [4.69, 9.17) is 18.9 Å². The number of carbonyl (C=O) groups is 2. The van der Waals surface area contributed by atoms with Crippen molar-refractivity contribution in [2.75, 3.05) is 6.61 Å². The summed E-state index contributed by atoms with van der Waals surface area (Å²) in [6, 6.07) is 29.3. The molecule has 0 amide bonds. The van der Waals surface area contributed by atoms with Gasteiger partial charge in [0.15, 0.2) is 18.5 Å². The number of aliphatic hydroxyl groups excluding tert-OH is 1. The molecule has 0 bridgehead atoms. The van der Waals surface area contributed by atoms with Crippen LogP contribution >= 0.6 is 0 Å². The number of rotatable bonds is 8. The van der Waals surface area contributed by atoms with E-state index in [2.05, 4.69) is 0 Å². The van der Waals surface area contributed by atoms with Crippen molar-refractivity contribution < 1.29 is 33.6 Å². The third-order valence-electron chi connectivity index (χ3n) is 5.89. The number of ether oxygens (including phenoxy) is 4. The monoisotopic (exact) mass is 476 g/mol. The van der Waals surface area contributed by atoms with Crippen molar-refractivity contribution in [1.29, 1.82) is 0 Å². The van der Waals surface area contributed by atoms with Gasteiger partial charge in [-0.25, -0.2) is 0 Å². The number of hydrogen-bond donors (Lipinski definition) is 1. The van der Waals surface area contributed by atoms with Gasteiger partial charge in [-0.2, -0.15) is 0 Å². The van der Waals surface area contributed by atoms with Crippen molar-refractivity contribution in [1.82, 2.24) is 0 Å². The summed E-state index contributed by atoms with van der Waals surface area (Å²) in [5, 5.41) is 10.4. The smallest absolute Gasteiger partial charge is 0.303 e. The molecular formula is C28H28O7. The van der Waals surface area contributed by atoms with Crippen LogP contribution in [0.1, 0.15) is 30.5 Å². The zero-order valence-corrected chi connectivity index (χ0v) is 19.6. The summed E-state index contributed by atoms with van der Waals surface area (Å²) in [5.41, 5.74) is 1.63. The highest BCUT2D eigenvalue weighted by Crippen LogP contribution is 2.41. The van der Waals surface area contributed by atoms with Crippen molar-refractivity contribution in [3.05, 3.63) is 108 Å². The van der Waals surface area contributed by atoms with Gasteiger partial charge in [0.25, 0.3) is 0 Å². The summed E-state index contributed by atoms with van der Waals surface area (Å²) in [4.78, 5) is 23.4. The average molecular weight is 477 g/mol. The Morgan fingerprint density at radius 1 is 0.743 bits per heavy atom. The Hall–Kier alpha value is -3.52. The summed E-state index contributed by atoms with van der Waals surface area (Å²) in [7, 11) is 0. The molecule has 0 radical (unpaired) electrons. The maximum absolute atomic E-state index is 11.8. The van der Waals surface area contributed by atoms with Crippen LogP contribution in [-0.2, 0) is 34.1 Å². The SMILES string of the molecule is CC(=O)O[C@H]1[C@H](OC(C)=O)[C@@H](COC(c2ccccc2)(c2ccccc2)c2ccccc2)O[C@H]1O. The zero-order chi connectivity index (χ0) is 24.8. The Labute approximate surface area is 204 Å². The van der Waals surface area contributed by atoms with Gasteiger partial charge in [0.05, 0.1) is 6.61 Å². The summed E-state index contributed by atoms with van der Waals surface area (Å²) >= 11 is 0. The number of hydrogen-bond acceptors (Lipinski definition) is 7. The first kappa shape index (κ1) is 24.6. The molecule has 0 spiro atoms. The molecule has 7 heteroatoms. The van der Waals surface area contributed by atoms with E-state index in [0.29, 0.717) is 0 Å². The number of carbonyl (C=O) groups excluding carboxylic acids is 2. The molecular weight excluding hydrogens is 448 g/mol. The molecule has 3 aromatic rings. The molecule has 3 aromatic carbocycles. The maximum atomic E-state index is 11.8. The second-order valence-corrected chi connectivity index (χ2v) is 8.30. The fraction of sp³-hybridized carbons (Fsp3) is 0.286. The van der Waals surface area contributed by atoms with Crippen LogP contribution in [-0.4, -0.2) is 48.3 Å². The molecule has 182 valence electrons. The molecule has 4 atom stereocenters. The van der Waals surface area contributed by atoms with E-state index in [1.165, 1.54) is 13.8 Å². The molecule has 1 fully saturated rings. The van der Waals surface area contributed by atoms with Crippen LogP contribution < -0.4 is 0 Å². The summed E-state index contributed by atoms with van der Waals surface area (Å²) < 4.78 is 23.0. The van der Waals surface area contributed by atoms with Gasteiger partial charge in [0, 0.05) is 13.8 Å². The summed E-state index contributed by atoms with van der Waals surface area (Å²) in [5.74, 6) is -1.21. The Balaban J connectivity index is 1.75. The normalized spacial score (nSPS) is 21.9. The number of benzene rings is 3. The largest absolute Gasteiger partial charge is 0.455 e. The van der Waals surface area contributed by atoms with E-state index in [-0.39, 0.29) is 6.61 Å². The second kappa shape index (κ2) is 10.8. The topological polar surface area (TPSA) is 91.3 Å². The van der Waals surface area contributed by atoms with Gasteiger partial charge in [-0.3, -0.25) is 9.59 Å². The lowest BCUT2D eigenvalue weighted by Gasteiger charge is -2.37. The first-order chi connectivity index (χ1) is 16.9. The van der Waals surface area contributed by atoms with Crippen LogP contribution in [0.25, 0.3) is 0 Å². The molecule has 35 heavy (non-hydrogen) atoms. The lowest BCUT2D eigenvalue weighted by Crippen LogP contribution is -2.43. The van der Waals surface area contributed by atoms with E-state index in [9.17, 15) is 14.7 Å². The third-order valence-corrected chi connectivity index (χ3v) is 5.89. The molecule has 0 saturated carbocycles. The van der Waals surface area contributed by atoms with Gasteiger partial charge < -0.3 is 24.1 Å². The van der Waals surface area contributed by atoms with Crippen molar-refractivity contribution in [3.63, 3.8) is 0 Å². The summed E-state index contributed by atoms with van der Waals surface area (Å²) in [6.07, 6.45) is -4.54.